The molecule has 0 spiro atoms. The Bertz CT molecular complexity index is 513. The fourth-order valence-electron chi connectivity index (χ4n) is 2.51. The van der Waals surface area contributed by atoms with Crippen LogP contribution in [0, 0.1) is 6.92 Å². The Labute approximate surface area is 136 Å². The molecule has 1 fully saturated rings. The van der Waals surface area contributed by atoms with Gasteiger partial charge < -0.3 is 9.31 Å². The number of hydrogen-bond donors (Lipinski definition) is 0. The summed E-state index contributed by atoms with van der Waals surface area (Å²) in [7, 11) is -0.238. The smallest absolute Gasteiger partial charge is 0.400 e. The lowest BCUT2D eigenvalue weighted by Gasteiger charge is -2.32. The third kappa shape index (κ3) is 3.82. The van der Waals surface area contributed by atoms with Gasteiger partial charge in [0, 0.05) is 0 Å². The molecule has 1 aliphatic heterocycles. The van der Waals surface area contributed by atoms with Crippen molar-refractivity contribution in [3.8, 4) is 0 Å². The SMILES string of the molecule is CCCC/C(=C/c1ccc(C)cc1)B1OC(C)(C)C(C)(C)O1. The van der Waals surface area contributed by atoms with Gasteiger partial charge >= 0.3 is 7.12 Å². The summed E-state index contributed by atoms with van der Waals surface area (Å²) >= 11 is 0. The molecule has 2 nitrogen and oxygen atoms in total. The highest BCUT2D eigenvalue weighted by Crippen LogP contribution is 2.39. The molecule has 1 heterocycles. The first-order chi connectivity index (χ1) is 10.2. The van der Waals surface area contributed by atoms with Crippen molar-refractivity contribution in [2.24, 2.45) is 0 Å². The molecule has 0 atom stereocenters. The predicted molar refractivity (Wildman–Crippen MR) is 94.8 cm³/mol. The van der Waals surface area contributed by atoms with Crippen LogP contribution < -0.4 is 0 Å². The van der Waals surface area contributed by atoms with Gasteiger partial charge in [0.1, 0.15) is 0 Å². The van der Waals surface area contributed by atoms with Crippen molar-refractivity contribution in [2.75, 3.05) is 0 Å². The van der Waals surface area contributed by atoms with E-state index in [1.165, 1.54) is 23.0 Å². The van der Waals surface area contributed by atoms with Gasteiger partial charge in [0.15, 0.2) is 0 Å². The van der Waals surface area contributed by atoms with Gasteiger partial charge in [0.05, 0.1) is 11.2 Å². The minimum Gasteiger partial charge on any atom is -0.400 e. The molecule has 22 heavy (non-hydrogen) atoms. The van der Waals surface area contributed by atoms with Crippen LogP contribution in [0.1, 0.15) is 65.0 Å². The van der Waals surface area contributed by atoms with Crippen LogP contribution in [0.25, 0.3) is 6.08 Å². The van der Waals surface area contributed by atoms with Gasteiger partial charge in [0.2, 0.25) is 0 Å². The van der Waals surface area contributed by atoms with Gasteiger partial charge in [0.25, 0.3) is 0 Å². The molecule has 120 valence electrons. The predicted octanol–water partition coefficient (Wildman–Crippen LogP) is 5.20. The Morgan fingerprint density at radius 2 is 1.59 bits per heavy atom. The average molecular weight is 300 g/mol. The molecular formula is C19H29BO2. The summed E-state index contributed by atoms with van der Waals surface area (Å²) in [5, 5.41) is 0. The number of unbranched alkanes of at least 4 members (excludes halogenated alkanes) is 1. The lowest BCUT2D eigenvalue weighted by Crippen LogP contribution is -2.41. The van der Waals surface area contributed by atoms with Gasteiger partial charge in [-0.1, -0.05) is 55.7 Å². The van der Waals surface area contributed by atoms with Gasteiger partial charge in [-0.25, -0.2) is 0 Å². The monoisotopic (exact) mass is 300 g/mol. The van der Waals surface area contributed by atoms with Crippen molar-refractivity contribution < 1.29 is 9.31 Å². The summed E-state index contributed by atoms with van der Waals surface area (Å²) in [5.74, 6) is 0. The van der Waals surface area contributed by atoms with E-state index in [1.807, 2.05) is 0 Å². The number of rotatable bonds is 5. The summed E-state index contributed by atoms with van der Waals surface area (Å²) in [6, 6.07) is 8.61. The standard InChI is InChI=1S/C19H29BO2/c1-7-8-9-17(14-16-12-10-15(2)11-13-16)20-21-18(3,4)19(5,6)22-20/h10-14H,7-9H2,1-6H3/b17-14-. The van der Waals surface area contributed by atoms with Crippen LogP contribution in [0.3, 0.4) is 0 Å². The fourth-order valence-corrected chi connectivity index (χ4v) is 2.51. The summed E-state index contributed by atoms with van der Waals surface area (Å²) in [4.78, 5) is 0. The van der Waals surface area contributed by atoms with E-state index in [0.29, 0.717) is 0 Å². The molecule has 2 rings (SSSR count). The van der Waals surface area contributed by atoms with E-state index in [2.05, 4.69) is 71.9 Å². The van der Waals surface area contributed by atoms with Crippen LogP contribution >= 0.6 is 0 Å². The molecular weight excluding hydrogens is 271 g/mol. The molecule has 0 aromatic heterocycles. The Morgan fingerprint density at radius 1 is 1.05 bits per heavy atom. The lowest BCUT2D eigenvalue weighted by molar-refractivity contribution is 0.00578. The van der Waals surface area contributed by atoms with Crippen LogP contribution in [0.2, 0.25) is 0 Å². The average Bonchev–Trinajstić information content (AvgIpc) is 2.65. The summed E-state index contributed by atoms with van der Waals surface area (Å²) in [6.07, 6.45) is 5.57. The first-order valence-corrected chi connectivity index (χ1v) is 8.38. The van der Waals surface area contributed by atoms with Gasteiger partial charge in [-0.2, -0.15) is 0 Å². The molecule has 1 aromatic carbocycles. The molecule has 0 bridgehead atoms. The maximum absolute atomic E-state index is 6.23. The number of hydrogen-bond acceptors (Lipinski definition) is 2. The molecule has 0 unspecified atom stereocenters. The van der Waals surface area contributed by atoms with E-state index in [0.717, 1.165) is 12.8 Å². The molecule has 0 aliphatic carbocycles. The van der Waals surface area contributed by atoms with Crippen molar-refractivity contribution in [1.29, 1.82) is 0 Å². The third-order valence-corrected chi connectivity index (χ3v) is 4.80. The minimum absolute atomic E-state index is 0.238. The zero-order valence-electron chi connectivity index (χ0n) is 14.9. The molecule has 1 aliphatic rings. The van der Waals surface area contributed by atoms with E-state index in [9.17, 15) is 0 Å². The van der Waals surface area contributed by atoms with Crippen molar-refractivity contribution in [3.05, 3.63) is 40.9 Å². The highest BCUT2D eigenvalue weighted by atomic mass is 16.7. The number of benzene rings is 1. The maximum atomic E-state index is 6.23. The normalized spacial score (nSPS) is 20.5. The van der Waals surface area contributed by atoms with E-state index in [-0.39, 0.29) is 18.3 Å². The van der Waals surface area contributed by atoms with Gasteiger partial charge in [-0.15, -0.1) is 0 Å². The fraction of sp³-hybridized carbons (Fsp3) is 0.579. The molecule has 0 saturated carbocycles. The Kier molecular flexibility index (Phi) is 5.19. The quantitative estimate of drug-likeness (QED) is 0.696. The Morgan fingerprint density at radius 3 is 2.09 bits per heavy atom. The zero-order valence-corrected chi connectivity index (χ0v) is 14.9. The van der Waals surface area contributed by atoms with Crippen LogP contribution in [-0.2, 0) is 9.31 Å². The number of allylic oxidation sites excluding steroid dienone is 1. The first kappa shape index (κ1) is 17.3. The van der Waals surface area contributed by atoms with E-state index >= 15 is 0 Å². The molecule has 1 saturated heterocycles. The largest absolute Gasteiger partial charge is 0.490 e. The van der Waals surface area contributed by atoms with E-state index in [4.69, 9.17) is 9.31 Å². The molecule has 3 heteroatoms. The second kappa shape index (κ2) is 6.60. The molecule has 0 amide bonds. The highest BCUT2D eigenvalue weighted by molar-refractivity contribution is 6.55. The second-order valence-corrected chi connectivity index (χ2v) is 7.32. The van der Waals surface area contributed by atoms with E-state index < -0.39 is 0 Å². The van der Waals surface area contributed by atoms with Crippen LogP contribution in [0.4, 0.5) is 0 Å². The molecule has 1 aromatic rings. The molecule has 0 N–H and O–H groups in total. The Hall–Kier alpha value is -1.06. The van der Waals surface area contributed by atoms with Crippen LogP contribution in [-0.4, -0.2) is 18.3 Å². The van der Waals surface area contributed by atoms with Crippen LogP contribution in [0.5, 0.6) is 0 Å². The molecule has 0 radical (unpaired) electrons. The topological polar surface area (TPSA) is 18.5 Å². The highest BCUT2D eigenvalue weighted by Gasteiger charge is 2.52. The van der Waals surface area contributed by atoms with E-state index in [1.54, 1.807) is 0 Å². The Balaban J connectivity index is 2.25. The van der Waals surface area contributed by atoms with Crippen molar-refractivity contribution >= 4 is 13.2 Å². The number of aryl methyl sites for hydroxylation is 1. The van der Waals surface area contributed by atoms with Crippen LogP contribution in [0.15, 0.2) is 29.7 Å². The third-order valence-electron chi connectivity index (χ3n) is 4.80. The van der Waals surface area contributed by atoms with Crippen molar-refractivity contribution in [3.63, 3.8) is 0 Å². The summed E-state index contributed by atoms with van der Waals surface area (Å²) in [5.41, 5.74) is 3.17. The summed E-state index contributed by atoms with van der Waals surface area (Å²) in [6.45, 7) is 12.8. The van der Waals surface area contributed by atoms with Crippen molar-refractivity contribution in [2.45, 2.75) is 72.0 Å². The van der Waals surface area contributed by atoms with Gasteiger partial charge in [-0.3, -0.25) is 0 Å². The second-order valence-electron chi connectivity index (χ2n) is 7.32. The van der Waals surface area contributed by atoms with Crippen molar-refractivity contribution in [1.82, 2.24) is 0 Å². The maximum Gasteiger partial charge on any atom is 0.490 e. The lowest BCUT2D eigenvalue weighted by atomic mass is 9.74. The minimum atomic E-state index is -0.282. The zero-order chi connectivity index (χ0) is 16.4. The van der Waals surface area contributed by atoms with Gasteiger partial charge in [-0.05, 0) is 52.1 Å². The first-order valence-electron chi connectivity index (χ1n) is 8.38. The summed E-state index contributed by atoms with van der Waals surface area (Å²) < 4.78 is 12.5.